The molecule has 0 aromatic rings. The van der Waals surface area contributed by atoms with Crippen LogP contribution in [-0.2, 0) is 9.59 Å². The Kier molecular flexibility index (Phi) is 3.15. The van der Waals surface area contributed by atoms with Gasteiger partial charge in [-0.05, 0) is 6.42 Å². The molecule has 0 N–H and O–H groups in total. The molecule has 4 nitrogen and oxygen atoms in total. The maximum Gasteiger partial charge on any atom is 0.225 e. The summed E-state index contributed by atoms with van der Waals surface area (Å²) in [5.74, 6) is 0.577. The fourth-order valence-electron chi connectivity index (χ4n) is 2.81. The predicted octanol–water partition coefficient (Wildman–Crippen LogP) is 1.11. The average Bonchev–Trinajstić information content (AvgIpc) is 2.27. The van der Waals surface area contributed by atoms with Gasteiger partial charge in [0.15, 0.2) is 0 Å². The molecule has 96 valence electrons. The van der Waals surface area contributed by atoms with Gasteiger partial charge in [0, 0.05) is 24.9 Å². The van der Waals surface area contributed by atoms with Gasteiger partial charge in [-0.2, -0.15) is 0 Å². The fraction of sp³-hybridized carbons (Fsp3) is 0.846. The van der Waals surface area contributed by atoms with E-state index >= 15 is 0 Å². The Morgan fingerprint density at radius 3 is 1.82 bits per heavy atom. The van der Waals surface area contributed by atoms with E-state index in [0.717, 1.165) is 19.5 Å². The van der Waals surface area contributed by atoms with Gasteiger partial charge in [0.2, 0.25) is 11.8 Å². The van der Waals surface area contributed by atoms with E-state index in [1.807, 2.05) is 37.5 Å². The molecule has 3 aliphatic rings. The van der Waals surface area contributed by atoms with Crippen LogP contribution in [0, 0.1) is 11.8 Å². The number of hydrogen-bond acceptors (Lipinski definition) is 2. The lowest BCUT2D eigenvalue weighted by atomic mass is 9.85. The molecule has 3 fully saturated rings. The van der Waals surface area contributed by atoms with Crippen LogP contribution in [0.2, 0.25) is 0 Å². The molecule has 17 heavy (non-hydrogen) atoms. The summed E-state index contributed by atoms with van der Waals surface area (Å²) >= 11 is 0. The minimum atomic E-state index is 0.0572. The molecule has 0 aliphatic carbocycles. The number of piperidine rings is 1. The molecule has 0 radical (unpaired) electrons. The molecule has 0 aromatic heterocycles. The topological polar surface area (TPSA) is 40.6 Å². The fourth-order valence-corrected chi connectivity index (χ4v) is 2.81. The highest BCUT2D eigenvalue weighted by Gasteiger charge is 2.48. The second-order valence-electron chi connectivity index (χ2n) is 5.84. The molecule has 3 saturated heterocycles. The van der Waals surface area contributed by atoms with Crippen LogP contribution in [0.5, 0.6) is 0 Å². The molecule has 2 atom stereocenters. The first-order valence-corrected chi connectivity index (χ1v) is 6.52. The van der Waals surface area contributed by atoms with E-state index in [1.54, 1.807) is 0 Å². The van der Waals surface area contributed by atoms with Crippen molar-refractivity contribution in [2.75, 3.05) is 13.1 Å². The van der Waals surface area contributed by atoms with E-state index in [-0.39, 0.29) is 35.7 Å². The first-order chi connectivity index (χ1) is 7.91. The minimum Gasteiger partial charge on any atom is -0.338 e. The van der Waals surface area contributed by atoms with Gasteiger partial charge >= 0.3 is 0 Å². The van der Waals surface area contributed by atoms with Crippen molar-refractivity contribution in [1.29, 1.82) is 0 Å². The van der Waals surface area contributed by atoms with Crippen LogP contribution in [0.3, 0.4) is 0 Å². The zero-order valence-corrected chi connectivity index (χ0v) is 11.1. The molecule has 3 aliphatic heterocycles. The molecular formula is C13H22N2O2. The van der Waals surface area contributed by atoms with Crippen LogP contribution in [0.1, 0.15) is 34.1 Å². The summed E-state index contributed by atoms with van der Waals surface area (Å²) in [5.41, 5.74) is 0. The zero-order valence-electron chi connectivity index (χ0n) is 11.1. The molecule has 2 unspecified atom stereocenters. The number of fused-ring (bicyclic) bond motifs is 2. The maximum atomic E-state index is 12.0. The summed E-state index contributed by atoms with van der Waals surface area (Å²) in [6, 6.07) is 0.540. The summed E-state index contributed by atoms with van der Waals surface area (Å²) in [6.45, 7) is 9.19. The van der Waals surface area contributed by atoms with Crippen LogP contribution in [0.15, 0.2) is 0 Å². The third-order valence-electron chi connectivity index (χ3n) is 3.75. The van der Waals surface area contributed by atoms with Crippen molar-refractivity contribution >= 4 is 11.8 Å². The number of nitrogens with zero attached hydrogens (tertiary/aromatic N) is 2. The van der Waals surface area contributed by atoms with E-state index in [1.165, 1.54) is 0 Å². The number of hydrogen-bond donors (Lipinski definition) is 0. The molecule has 0 spiro atoms. The van der Waals surface area contributed by atoms with E-state index < -0.39 is 0 Å². The molecular weight excluding hydrogens is 216 g/mol. The van der Waals surface area contributed by atoms with Gasteiger partial charge in [0.25, 0.3) is 0 Å². The second-order valence-corrected chi connectivity index (χ2v) is 5.84. The monoisotopic (exact) mass is 238 g/mol. The van der Waals surface area contributed by atoms with Crippen LogP contribution in [0.4, 0.5) is 0 Å². The quantitative estimate of drug-likeness (QED) is 0.723. The number of piperazine rings is 1. The Balaban J connectivity index is 1.98. The lowest BCUT2D eigenvalue weighted by Crippen LogP contribution is -2.71. The lowest BCUT2D eigenvalue weighted by molar-refractivity contribution is -0.164. The molecule has 0 aromatic carbocycles. The van der Waals surface area contributed by atoms with Crippen molar-refractivity contribution in [1.82, 2.24) is 9.80 Å². The van der Waals surface area contributed by atoms with Crippen molar-refractivity contribution in [2.45, 2.75) is 46.2 Å². The maximum absolute atomic E-state index is 12.0. The van der Waals surface area contributed by atoms with Gasteiger partial charge in [-0.15, -0.1) is 0 Å². The highest BCUT2D eigenvalue weighted by molar-refractivity contribution is 5.82. The van der Waals surface area contributed by atoms with Gasteiger partial charge in [0.05, 0.1) is 12.1 Å². The molecule has 4 heteroatoms. The molecule has 3 heterocycles. The van der Waals surface area contributed by atoms with Gasteiger partial charge in [-0.3, -0.25) is 9.59 Å². The summed E-state index contributed by atoms with van der Waals surface area (Å²) in [5, 5.41) is 0. The van der Waals surface area contributed by atoms with E-state index in [9.17, 15) is 9.59 Å². The van der Waals surface area contributed by atoms with Gasteiger partial charge < -0.3 is 9.80 Å². The Hall–Kier alpha value is -1.06. The zero-order chi connectivity index (χ0) is 12.7. The van der Waals surface area contributed by atoms with Gasteiger partial charge in [0.1, 0.15) is 0 Å². The van der Waals surface area contributed by atoms with E-state index in [0.29, 0.717) is 0 Å². The van der Waals surface area contributed by atoms with Crippen LogP contribution < -0.4 is 0 Å². The van der Waals surface area contributed by atoms with Crippen LogP contribution >= 0.6 is 0 Å². The summed E-state index contributed by atoms with van der Waals surface area (Å²) < 4.78 is 0. The first kappa shape index (κ1) is 12.4. The summed E-state index contributed by atoms with van der Waals surface area (Å²) in [7, 11) is 0. The SMILES string of the molecule is CC(C)C(=O)N1CC2CC(C1)N2C(=O)C(C)C. The van der Waals surface area contributed by atoms with Gasteiger partial charge in [-0.25, -0.2) is 0 Å². The Morgan fingerprint density at radius 2 is 1.41 bits per heavy atom. The minimum absolute atomic E-state index is 0.0572. The largest absolute Gasteiger partial charge is 0.338 e. The molecule has 2 amide bonds. The van der Waals surface area contributed by atoms with Crippen molar-refractivity contribution in [3.63, 3.8) is 0 Å². The van der Waals surface area contributed by atoms with Crippen molar-refractivity contribution in [2.24, 2.45) is 11.8 Å². The number of amides is 2. The van der Waals surface area contributed by atoms with Crippen LogP contribution in [0.25, 0.3) is 0 Å². The number of carbonyl (C=O) groups is 2. The van der Waals surface area contributed by atoms with Crippen molar-refractivity contribution < 1.29 is 9.59 Å². The molecule has 0 saturated carbocycles. The van der Waals surface area contributed by atoms with E-state index in [4.69, 9.17) is 0 Å². The Morgan fingerprint density at radius 1 is 0.941 bits per heavy atom. The van der Waals surface area contributed by atoms with E-state index in [2.05, 4.69) is 0 Å². The third kappa shape index (κ3) is 2.05. The smallest absolute Gasteiger partial charge is 0.225 e. The number of carbonyl (C=O) groups excluding carboxylic acids is 2. The normalized spacial score (nSPS) is 27.4. The highest BCUT2D eigenvalue weighted by atomic mass is 16.2. The predicted molar refractivity (Wildman–Crippen MR) is 65.3 cm³/mol. The summed E-state index contributed by atoms with van der Waals surface area (Å²) in [6.07, 6.45) is 1.07. The van der Waals surface area contributed by atoms with Crippen molar-refractivity contribution in [3.05, 3.63) is 0 Å². The molecule has 2 bridgehead atoms. The van der Waals surface area contributed by atoms with Crippen LogP contribution in [-0.4, -0.2) is 46.8 Å². The Labute approximate surface area is 103 Å². The average molecular weight is 238 g/mol. The highest BCUT2D eigenvalue weighted by Crippen LogP contribution is 2.34. The number of rotatable bonds is 2. The summed E-state index contributed by atoms with van der Waals surface area (Å²) in [4.78, 5) is 27.8. The molecule has 3 rings (SSSR count). The second kappa shape index (κ2) is 4.31. The third-order valence-corrected chi connectivity index (χ3v) is 3.75. The van der Waals surface area contributed by atoms with Gasteiger partial charge in [-0.1, -0.05) is 27.7 Å². The lowest BCUT2D eigenvalue weighted by Gasteiger charge is -2.57. The standard InChI is InChI=1S/C13H22N2O2/c1-8(2)12(16)14-6-10-5-11(7-14)15(10)13(17)9(3)4/h8-11H,5-7H2,1-4H3. The first-order valence-electron chi connectivity index (χ1n) is 6.52. The van der Waals surface area contributed by atoms with Crippen molar-refractivity contribution in [3.8, 4) is 0 Å². The Bertz CT molecular complexity index is 326.